The lowest BCUT2D eigenvalue weighted by Crippen LogP contribution is -2.35. The molecule has 1 aliphatic rings. The topological polar surface area (TPSA) is 82.1 Å². The van der Waals surface area contributed by atoms with Crippen LogP contribution in [-0.4, -0.2) is 45.1 Å². The van der Waals surface area contributed by atoms with Crippen molar-refractivity contribution in [1.29, 1.82) is 0 Å². The minimum absolute atomic E-state index is 0.302. The van der Waals surface area contributed by atoms with Crippen LogP contribution in [0.4, 0.5) is 6.01 Å². The number of nitrogens with zero attached hydrogens (tertiary/aromatic N) is 6. The van der Waals surface area contributed by atoms with Crippen molar-refractivity contribution >= 4 is 6.01 Å². The third-order valence-corrected chi connectivity index (χ3v) is 4.96. The number of ether oxygens (including phenoxy) is 1. The second kappa shape index (κ2) is 7.38. The van der Waals surface area contributed by atoms with Gasteiger partial charge in [0.1, 0.15) is 17.9 Å². The summed E-state index contributed by atoms with van der Waals surface area (Å²) in [7, 11) is 1.64. The Labute approximate surface area is 158 Å². The molecule has 1 fully saturated rings. The normalized spacial score (nSPS) is 17.5. The average molecular weight is 368 g/mol. The first-order valence-electron chi connectivity index (χ1n) is 9.28. The summed E-state index contributed by atoms with van der Waals surface area (Å²) < 4.78 is 13.0. The summed E-state index contributed by atoms with van der Waals surface area (Å²) in [6.07, 6.45) is 3.94. The number of hydrogen-bond acceptors (Lipinski definition) is 7. The quantitative estimate of drug-likeness (QED) is 0.683. The molecule has 4 rings (SSSR count). The molecule has 0 spiro atoms. The zero-order valence-electron chi connectivity index (χ0n) is 15.9. The van der Waals surface area contributed by atoms with Crippen LogP contribution in [0, 0.1) is 0 Å². The van der Waals surface area contributed by atoms with Crippen LogP contribution in [0.15, 0.2) is 35.1 Å². The van der Waals surface area contributed by atoms with Gasteiger partial charge in [0.25, 0.3) is 0 Å². The highest BCUT2D eigenvalue weighted by molar-refractivity contribution is 5.58. The van der Waals surface area contributed by atoms with Gasteiger partial charge in [0.15, 0.2) is 0 Å². The third kappa shape index (κ3) is 3.51. The van der Waals surface area contributed by atoms with E-state index in [4.69, 9.17) is 9.26 Å². The van der Waals surface area contributed by atoms with Crippen molar-refractivity contribution in [2.75, 3.05) is 25.1 Å². The Balaban J connectivity index is 1.54. The van der Waals surface area contributed by atoms with Gasteiger partial charge in [-0.2, -0.15) is 4.98 Å². The van der Waals surface area contributed by atoms with Crippen LogP contribution in [0.5, 0.6) is 5.75 Å². The minimum atomic E-state index is 0.302. The molecule has 0 N–H and O–H groups in total. The van der Waals surface area contributed by atoms with E-state index in [1.165, 1.54) is 0 Å². The van der Waals surface area contributed by atoms with Crippen LogP contribution in [0.1, 0.15) is 44.5 Å². The maximum Gasteiger partial charge on any atom is 0.324 e. The smallest absolute Gasteiger partial charge is 0.324 e. The maximum atomic E-state index is 5.56. The van der Waals surface area contributed by atoms with Gasteiger partial charge in [0.05, 0.1) is 7.11 Å². The summed E-state index contributed by atoms with van der Waals surface area (Å²) in [6, 6.07) is 8.55. The number of aromatic nitrogens is 5. The minimum Gasteiger partial charge on any atom is -0.497 e. The molecule has 0 aliphatic carbocycles. The SMILES string of the molecule is COc1cccc(-c2noc(N3CCCC(c4nncn4C(C)C)C3)n2)c1. The second-order valence-electron chi connectivity index (χ2n) is 7.11. The molecule has 3 aromatic rings. The molecular weight excluding hydrogens is 344 g/mol. The number of hydrogen-bond donors (Lipinski definition) is 0. The first kappa shape index (κ1) is 17.5. The van der Waals surface area contributed by atoms with Crippen LogP contribution in [0.25, 0.3) is 11.4 Å². The van der Waals surface area contributed by atoms with Crippen molar-refractivity contribution in [3.05, 3.63) is 36.4 Å². The number of benzene rings is 1. The molecule has 1 aromatic carbocycles. The fourth-order valence-electron chi connectivity index (χ4n) is 3.53. The van der Waals surface area contributed by atoms with E-state index in [0.29, 0.717) is 23.8 Å². The Morgan fingerprint density at radius 3 is 3.00 bits per heavy atom. The van der Waals surface area contributed by atoms with E-state index in [1.54, 1.807) is 7.11 Å². The van der Waals surface area contributed by atoms with E-state index in [2.05, 4.69) is 43.7 Å². The van der Waals surface area contributed by atoms with Crippen LogP contribution in [0.2, 0.25) is 0 Å². The molecule has 142 valence electrons. The summed E-state index contributed by atoms with van der Waals surface area (Å²) in [5.74, 6) is 2.67. The lowest BCUT2D eigenvalue weighted by Gasteiger charge is -2.31. The van der Waals surface area contributed by atoms with E-state index >= 15 is 0 Å². The predicted molar refractivity (Wildman–Crippen MR) is 101 cm³/mol. The molecule has 0 amide bonds. The largest absolute Gasteiger partial charge is 0.497 e. The number of rotatable bonds is 5. The highest BCUT2D eigenvalue weighted by atomic mass is 16.5. The fourth-order valence-corrected chi connectivity index (χ4v) is 3.53. The predicted octanol–water partition coefficient (Wildman–Crippen LogP) is 3.30. The molecule has 0 radical (unpaired) electrons. The van der Waals surface area contributed by atoms with Crippen molar-refractivity contribution in [3.8, 4) is 17.1 Å². The number of anilines is 1. The molecule has 1 unspecified atom stereocenters. The Kier molecular flexibility index (Phi) is 4.79. The fraction of sp³-hybridized carbons (Fsp3) is 0.474. The summed E-state index contributed by atoms with van der Waals surface area (Å²) in [4.78, 5) is 6.75. The first-order valence-corrected chi connectivity index (χ1v) is 9.28. The molecule has 0 bridgehead atoms. The van der Waals surface area contributed by atoms with Gasteiger partial charge in [0, 0.05) is 30.6 Å². The van der Waals surface area contributed by atoms with Gasteiger partial charge >= 0.3 is 6.01 Å². The Bertz CT molecular complexity index is 903. The molecule has 0 saturated carbocycles. The maximum absolute atomic E-state index is 5.56. The van der Waals surface area contributed by atoms with E-state index in [9.17, 15) is 0 Å². The van der Waals surface area contributed by atoms with E-state index in [0.717, 1.165) is 43.1 Å². The van der Waals surface area contributed by atoms with Gasteiger partial charge in [-0.25, -0.2) is 0 Å². The van der Waals surface area contributed by atoms with Gasteiger partial charge in [-0.05, 0) is 38.8 Å². The number of piperidine rings is 1. The average Bonchev–Trinajstić information content (AvgIpc) is 3.38. The molecule has 8 heteroatoms. The van der Waals surface area contributed by atoms with Crippen LogP contribution in [0.3, 0.4) is 0 Å². The van der Waals surface area contributed by atoms with Crippen LogP contribution in [-0.2, 0) is 0 Å². The summed E-state index contributed by atoms with van der Waals surface area (Å²) >= 11 is 0. The third-order valence-electron chi connectivity index (χ3n) is 4.96. The summed E-state index contributed by atoms with van der Waals surface area (Å²) in [6.45, 7) is 5.98. The Morgan fingerprint density at radius 2 is 2.19 bits per heavy atom. The molecular formula is C19H24N6O2. The van der Waals surface area contributed by atoms with Crippen LogP contribution < -0.4 is 9.64 Å². The summed E-state index contributed by atoms with van der Waals surface area (Å²) in [5.41, 5.74) is 0.873. The monoisotopic (exact) mass is 368 g/mol. The molecule has 1 saturated heterocycles. The van der Waals surface area contributed by atoms with E-state index in [1.807, 2.05) is 30.6 Å². The van der Waals surface area contributed by atoms with Gasteiger partial charge < -0.3 is 18.7 Å². The first-order chi connectivity index (χ1) is 13.2. The highest BCUT2D eigenvalue weighted by Crippen LogP contribution is 2.30. The second-order valence-corrected chi connectivity index (χ2v) is 7.11. The molecule has 8 nitrogen and oxygen atoms in total. The summed E-state index contributed by atoms with van der Waals surface area (Å²) in [5, 5.41) is 12.6. The number of methoxy groups -OCH3 is 1. The van der Waals surface area contributed by atoms with Crippen molar-refractivity contribution in [2.45, 2.75) is 38.6 Å². The van der Waals surface area contributed by atoms with Gasteiger partial charge in [-0.1, -0.05) is 17.3 Å². The zero-order valence-corrected chi connectivity index (χ0v) is 15.9. The van der Waals surface area contributed by atoms with Gasteiger partial charge in [-0.15, -0.1) is 10.2 Å². The van der Waals surface area contributed by atoms with E-state index < -0.39 is 0 Å². The van der Waals surface area contributed by atoms with Crippen molar-refractivity contribution < 1.29 is 9.26 Å². The van der Waals surface area contributed by atoms with Gasteiger partial charge in [0.2, 0.25) is 5.82 Å². The molecule has 27 heavy (non-hydrogen) atoms. The lowest BCUT2D eigenvalue weighted by atomic mass is 9.97. The molecule has 1 atom stereocenters. The van der Waals surface area contributed by atoms with Gasteiger partial charge in [-0.3, -0.25) is 0 Å². The molecule has 2 aromatic heterocycles. The van der Waals surface area contributed by atoms with Crippen molar-refractivity contribution in [3.63, 3.8) is 0 Å². The zero-order chi connectivity index (χ0) is 18.8. The molecule has 1 aliphatic heterocycles. The van der Waals surface area contributed by atoms with Crippen molar-refractivity contribution in [2.24, 2.45) is 0 Å². The Morgan fingerprint density at radius 1 is 1.30 bits per heavy atom. The molecule has 3 heterocycles. The highest BCUT2D eigenvalue weighted by Gasteiger charge is 2.28. The van der Waals surface area contributed by atoms with E-state index in [-0.39, 0.29) is 0 Å². The standard InChI is InChI=1S/C19H24N6O2/c1-13(2)25-12-20-22-18(25)15-7-5-9-24(11-15)19-21-17(23-27-19)14-6-4-8-16(10-14)26-3/h4,6,8,10,12-13,15H,5,7,9,11H2,1-3H3. The van der Waals surface area contributed by atoms with Crippen LogP contribution >= 0.6 is 0 Å². The van der Waals surface area contributed by atoms with Crippen molar-refractivity contribution in [1.82, 2.24) is 24.9 Å². The Hall–Kier alpha value is -2.90. The lowest BCUT2D eigenvalue weighted by molar-refractivity contribution is 0.385.